The zero-order valence-electron chi connectivity index (χ0n) is 15.7. The van der Waals surface area contributed by atoms with Crippen LogP contribution in [0, 0.1) is 19.8 Å². The number of hydrogen-bond acceptors (Lipinski definition) is 3. The minimum absolute atomic E-state index is 0.0506. The molecule has 1 fully saturated rings. The van der Waals surface area contributed by atoms with Gasteiger partial charge in [-0.15, -0.1) is 0 Å². The molecule has 1 saturated carbocycles. The number of benzene rings is 1. The Balaban J connectivity index is 2.10. The van der Waals surface area contributed by atoms with Crippen LogP contribution in [0.5, 0.6) is 5.75 Å². The maximum Gasteiger partial charge on any atom is 0.256 e. The van der Waals surface area contributed by atoms with Gasteiger partial charge in [0.15, 0.2) is 0 Å². The highest BCUT2D eigenvalue weighted by Gasteiger charge is 2.48. The largest absolute Gasteiger partial charge is 0.493 e. The average Bonchev–Trinajstić information content (AvgIpc) is 3.35. The van der Waals surface area contributed by atoms with E-state index in [4.69, 9.17) is 9.47 Å². The van der Waals surface area contributed by atoms with Gasteiger partial charge in [0.05, 0.1) is 6.61 Å². The highest BCUT2D eigenvalue weighted by atomic mass is 16.5. The van der Waals surface area contributed by atoms with Crippen molar-refractivity contribution < 1.29 is 14.3 Å². The Labute approximate surface area is 145 Å². The van der Waals surface area contributed by atoms with Gasteiger partial charge < -0.3 is 14.8 Å². The van der Waals surface area contributed by atoms with E-state index in [0.29, 0.717) is 12.5 Å². The Morgan fingerprint density at radius 1 is 1.25 bits per heavy atom. The SMILES string of the molecule is CCCCOc1c(C)cc(NC(=O)[C@](C)(OCC)C2CC2)cc1C. The molecule has 1 aromatic rings. The first-order chi connectivity index (χ1) is 11.4. The van der Waals surface area contributed by atoms with Crippen molar-refractivity contribution >= 4 is 11.6 Å². The van der Waals surface area contributed by atoms with Crippen LogP contribution in [0.3, 0.4) is 0 Å². The quantitative estimate of drug-likeness (QED) is 0.670. The molecule has 0 unspecified atom stereocenters. The molecule has 0 aromatic heterocycles. The molecule has 1 aliphatic carbocycles. The van der Waals surface area contributed by atoms with Crippen LogP contribution < -0.4 is 10.1 Å². The van der Waals surface area contributed by atoms with Gasteiger partial charge in [0.2, 0.25) is 0 Å². The van der Waals surface area contributed by atoms with Crippen molar-refractivity contribution in [2.24, 2.45) is 5.92 Å². The maximum atomic E-state index is 12.8. The van der Waals surface area contributed by atoms with Crippen molar-refractivity contribution in [3.8, 4) is 5.75 Å². The Morgan fingerprint density at radius 3 is 2.38 bits per heavy atom. The van der Waals surface area contributed by atoms with E-state index in [1.807, 2.05) is 39.8 Å². The molecule has 24 heavy (non-hydrogen) atoms. The molecule has 4 nitrogen and oxygen atoms in total. The molecule has 0 aliphatic heterocycles. The number of amides is 1. The number of carbonyl (C=O) groups excluding carboxylic acids is 1. The first kappa shape index (κ1) is 18.8. The zero-order chi connectivity index (χ0) is 17.7. The highest BCUT2D eigenvalue weighted by molar-refractivity contribution is 5.97. The van der Waals surface area contributed by atoms with Crippen LogP contribution >= 0.6 is 0 Å². The van der Waals surface area contributed by atoms with Gasteiger partial charge >= 0.3 is 0 Å². The van der Waals surface area contributed by atoms with E-state index in [1.165, 1.54) is 0 Å². The first-order valence-corrected chi connectivity index (χ1v) is 9.11. The fourth-order valence-electron chi connectivity index (χ4n) is 3.13. The highest BCUT2D eigenvalue weighted by Crippen LogP contribution is 2.42. The van der Waals surface area contributed by atoms with E-state index in [-0.39, 0.29) is 5.91 Å². The van der Waals surface area contributed by atoms with Gasteiger partial charge in [-0.3, -0.25) is 4.79 Å². The Kier molecular flexibility index (Phi) is 6.27. The summed E-state index contributed by atoms with van der Waals surface area (Å²) in [5, 5.41) is 3.05. The molecule has 0 spiro atoms. The smallest absolute Gasteiger partial charge is 0.256 e. The number of anilines is 1. The zero-order valence-corrected chi connectivity index (χ0v) is 15.7. The van der Waals surface area contributed by atoms with E-state index in [1.54, 1.807) is 0 Å². The summed E-state index contributed by atoms with van der Waals surface area (Å²) >= 11 is 0. The van der Waals surface area contributed by atoms with E-state index in [0.717, 1.165) is 54.9 Å². The van der Waals surface area contributed by atoms with Crippen molar-refractivity contribution in [1.82, 2.24) is 0 Å². The van der Waals surface area contributed by atoms with Crippen LogP contribution in [-0.2, 0) is 9.53 Å². The van der Waals surface area contributed by atoms with E-state index in [2.05, 4.69) is 12.2 Å². The third kappa shape index (κ3) is 4.29. The minimum Gasteiger partial charge on any atom is -0.493 e. The van der Waals surface area contributed by atoms with E-state index in [9.17, 15) is 4.79 Å². The van der Waals surface area contributed by atoms with Crippen LogP contribution in [0.15, 0.2) is 12.1 Å². The molecule has 1 N–H and O–H groups in total. The molecule has 1 aliphatic rings. The number of rotatable bonds is 9. The van der Waals surface area contributed by atoms with Gasteiger partial charge in [0, 0.05) is 12.3 Å². The molecule has 0 heterocycles. The molecule has 0 radical (unpaired) electrons. The Hall–Kier alpha value is -1.55. The van der Waals surface area contributed by atoms with Crippen molar-refractivity contribution in [2.45, 2.75) is 65.9 Å². The lowest BCUT2D eigenvalue weighted by atomic mass is 9.98. The third-order valence-corrected chi connectivity index (χ3v) is 4.71. The fraction of sp³-hybridized carbons (Fsp3) is 0.650. The second-order valence-electron chi connectivity index (χ2n) is 6.91. The number of unbranched alkanes of at least 4 members (excludes halogenated alkanes) is 1. The van der Waals surface area contributed by atoms with Crippen LogP contribution in [-0.4, -0.2) is 24.7 Å². The van der Waals surface area contributed by atoms with Crippen LogP contribution in [0.1, 0.15) is 57.6 Å². The lowest BCUT2D eigenvalue weighted by molar-refractivity contribution is -0.141. The molecule has 2 rings (SSSR count). The van der Waals surface area contributed by atoms with Gasteiger partial charge in [-0.1, -0.05) is 13.3 Å². The van der Waals surface area contributed by atoms with Crippen LogP contribution in [0.25, 0.3) is 0 Å². The van der Waals surface area contributed by atoms with Gasteiger partial charge in [0.1, 0.15) is 11.4 Å². The van der Waals surface area contributed by atoms with Crippen molar-refractivity contribution in [1.29, 1.82) is 0 Å². The topological polar surface area (TPSA) is 47.6 Å². The summed E-state index contributed by atoms with van der Waals surface area (Å²) in [7, 11) is 0. The number of nitrogens with one attached hydrogen (secondary N) is 1. The molecule has 0 bridgehead atoms. The summed E-state index contributed by atoms with van der Waals surface area (Å²) in [4.78, 5) is 12.8. The summed E-state index contributed by atoms with van der Waals surface area (Å²) in [6.07, 6.45) is 4.28. The van der Waals surface area contributed by atoms with Crippen LogP contribution in [0.2, 0.25) is 0 Å². The number of ether oxygens (including phenoxy) is 2. The van der Waals surface area contributed by atoms with Crippen molar-refractivity contribution in [3.63, 3.8) is 0 Å². The summed E-state index contributed by atoms with van der Waals surface area (Å²) in [6.45, 7) is 11.3. The van der Waals surface area contributed by atoms with Gasteiger partial charge in [0.25, 0.3) is 5.91 Å². The second kappa shape index (κ2) is 8.02. The molecule has 1 atom stereocenters. The maximum absolute atomic E-state index is 12.8. The predicted molar refractivity (Wildman–Crippen MR) is 97.7 cm³/mol. The average molecular weight is 333 g/mol. The Morgan fingerprint density at radius 2 is 1.88 bits per heavy atom. The lowest BCUT2D eigenvalue weighted by Crippen LogP contribution is -2.44. The minimum atomic E-state index is -0.729. The summed E-state index contributed by atoms with van der Waals surface area (Å²) < 4.78 is 11.7. The van der Waals surface area contributed by atoms with Gasteiger partial charge in [-0.05, 0) is 76.1 Å². The number of aryl methyl sites for hydroxylation is 2. The monoisotopic (exact) mass is 333 g/mol. The van der Waals surface area contributed by atoms with E-state index < -0.39 is 5.60 Å². The van der Waals surface area contributed by atoms with Crippen molar-refractivity contribution in [2.75, 3.05) is 18.5 Å². The molecule has 0 saturated heterocycles. The second-order valence-corrected chi connectivity index (χ2v) is 6.91. The summed E-state index contributed by atoms with van der Waals surface area (Å²) in [5.41, 5.74) is 2.17. The Bertz CT molecular complexity index is 557. The van der Waals surface area contributed by atoms with Crippen molar-refractivity contribution in [3.05, 3.63) is 23.3 Å². The molecule has 4 heteroatoms. The first-order valence-electron chi connectivity index (χ1n) is 9.11. The lowest BCUT2D eigenvalue weighted by Gasteiger charge is -2.28. The third-order valence-electron chi connectivity index (χ3n) is 4.71. The summed E-state index contributed by atoms with van der Waals surface area (Å²) in [5.74, 6) is 1.21. The molecule has 134 valence electrons. The van der Waals surface area contributed by atoms with Gasteiger partial charge in [-0.2, -0.15) is 0 Å². The fourth-order valence-corrected chi connectivity index (χ4v) is 3.13. The van der Waals surface area contributed by atoms with Crippen LogP contribution in [0.4, 0.5) is 5.69 Å². The normalized spacial score (nSPS) is 16.5. The predicted octanol–water partition coefficient (Wildman–Crippen LogP) is 4.63. The van der Waals surface area contributed by atoms with E-state index >= 15 is 0 Å². The molecule has 1 amide bonds. The standard InChI is InChI=1S/C20H31NO3/c1-6-8-11-23-18-14(3)12-17(13-15(18)4)21-19(22)20(5,24-7-2)16-9-10-16/h12-13,16H,6-11H2,1-5H3,(H,21,22)/t20-/m1/s1. The summed E-state index contributed by atoms with van der Waals surface area (Å²) in [6, 6.07) is 3.96. The number of carbonyl (C=O) groups is 1. The van der Waals surface area contributed by atoms with Gasteiger partial charge in [-0.25, -0.2) is 0 Å². The molecule has 1 aromatic carbocycles. The number of hydrogen-bond donors (Lipinski definition) is 1. The molecular weight excluding hydrogens is 302 g/mol. The molecular formula is C20H31NO3.